The van der Waals surface area contributed by atoms with Crippen molar-refractivity contribution in [2.45, 2.75) is 33.3 Å². The van der Waals surface area contributed by atoms with Crippen LogP contribution in [0.5, 0.6) is 0 Å². The Balaban J connectivity index is 1.63. The van der Waals surface area contributed by atoms with Gasteiger partial charge >= 0.3 is 11.8 Å². The van der Waals surface area contributed by atoms with E-state index in [0.717, 1.165) is 27.8 Å². The van der Waals surface area contributed by atoms with Gasteiger partial charge in [0, 0.05) is 5.69 Å². The first-order valence-corrected chi connectivity index (χ1v) is 10.2. The van der Waals surface area contributed by atoms with Crippen LogP contribution >= 0.6 is 0 Å². The number of anilines is 1. The molecule has 2 amide bonds. The van der Waals surface area contributed by atoms with E-state index in [9.17, 15) is 14.7 Å². The Morgan fingerprint density at radius 2 is 1.39 bits per heavy atom. The summed E-state index contributed by atoms with van der Waals surface area (Å²) in [5.74, 6) is -1.55. The summed E-state index contributed by atoms with van der Waals surface area (Å²) in [7, 11) is 0. The molecule has 0 spiro atoms. The first kappa shape index (κ1) is 22.2. The predicted molar refractivity (Wildman–Crippen MR) is 124 cm³/mol. The molecule has 3 aromatic carbocycles. The molecule has 5 heteroatoms. The van der Waals surface area contributed by atoms with Crippen LogP contribution in [0.1, 0.15) is 29.2 Å². The Bertz CT molecular complexity index is 1060. The number of carbonyl (C=O) groups excluding carboxylic acids is 2. The van der Waals surface area contributed by atoms with Crippen molar-refractivity contribution in [2.24, 2.45) is 0 Å². The van der Waals surface area contributed by atoms with E-state index >= 15 is 0 Å². The lowest BCUT2D eigenvalue weighted by Crippen LogP contribution is -2.43. The fourth-order valence-corrected chi connectivity index (χ4v) is 3.63. The number of carbonyl (C=O) groups is 2. The summed E-state index contributed by atoms with van der Waals surface area (Å²) in [4.78, 5) is 24.7. The highest BCUT2D eigenvalue weighted by molar-refractivity contribution is 6.39. The van der Waals surface area contributed by atoms with Gasteiger partial charge in [0.1, 0.15) is 5.60 Å². The molecule has 0 aliphatic rings. The molecule has 31 heavy (non-hydrogen) atoms. The number of amides is 2. The largest absolute Gasteiger partial charge is 0.384 e. The predicted octanol–water partition coefficient (Wildman–Crippen LogP) is 4.24. The first-order chi connectivity index (χ1) is 14.7. The Morgan fingerprint density at radius 3 is 1.97 bits per heavy atom. The molecule has 0 bridgehead atoms. The van der Waals surface area contributed by atoms with Crippen LogP contribution in [0, 0.1) is 20.8 Å². The normalized spacial score (nSPS) is 12.7. The Kier molecular flexibility index (Phi) is 6.56. The van der Waals surface area contributed by atoms with Crippen LogP contribution in [0.2, 0.25) is 0 Å². The first-order valence-electron chi connectivity index (χ1n) is 10.2. The highest BCUT2D eigenvalue weighted by atomic mass is 16.3. The van der Waals surface area contributed by atoms with E-state index in [1.54, 1.807) is 6.92 Å². The minimum Gasteiger partial charge on any atom is -0.384 e. The van der Waals surface area contributed by atoms with E-state index in [0.29, 0.717) is 11.3 Å². The van der Waals surface area contributed by atoms with Gasteiger partial charge in [0.2, 0.25) is 0 Å². The van der Waals surface area contributed by atoms with Crippen molar-refractivity contribution in [3.05, 3.63) is 89.0 Å². The maximum Gasteiger partial charge on any atom is 0.313 e. The summed E-state index contributed by atoms with van der Waals surface area (Å²) in [5.41, 5.74) is 4.96. The molecule has 0 saturated heterocycles. The Labute approximate surface area is 183 Å². The average Bonchev–Trinajstić information content (AvgIpc) is 2.75. The maximum absolute atomic E-state index is 12.4. The minimum atomic E-state index is -1.32. The Hall–Kier alpha value is -3.44. The van der Waals surface area contributed by atoms with Crippen molar-refractivity contribution in [3.8, 4) is 11.1 Å². The quantitative estimate of drug-likeness (QED) is 0.545. The molecule has 0 saturated carbocycles. The van der Waals surface area contributed by atoms with E-state index in [4.69, 9.17) is 0 Å². The molecule has 1 atom stereocenters. The van der Waals surface area contributed by atoms with E-state index < -0.39 is 17.4 Å². The molecule has 0 aliphatic heterocycles. The minimum absolute atomic E-state index is 0.0875. The van der Waals surface area contributed by atoms with Crippen LogP contribution in [0.3, 0.4) is 0 Å². The third kappa shape index (κ3) is 5.38. The fraction of sp³-hybridized carbons (Fsp3) is 0.231. The summed E-state index contributed by atoms with van der Waals surface area (Å²) < 4.78 is 0. The lowest BCUT2D eigenvalue weighted by Gasteiger charge is -2.24. The van der Waals surface area contributed by atoms with E-state index in [2.05, 4.69) is 10.6 Å². The molecule has 0 heterocycles. The summed E-state index contributed by atoms with van der Waals surface area (Å²) >= 11 is 0. The smallest absolute Gasteiger partial charge is 0.313 e. The summed E-state index contributed by atoms with van der Waals surface area (Å²) in [5, 5.41) is 16.1. The number of aryl methyl sites for hydroxylation is 3. The molecule has 3 rings (SSSR count). The zero-order valence-electron chi connectivity index (χ0n) is 18.3. The molecule has 3 aromatic rings. The second kappa shape index (κ2) is 9.14. The second-order valence-electron chi connectivity index (χ2n) is 8.13. The Morgan fingerprint density at radius 1 is 0.839 bits per heavy atom. The third-order valence-corrected chi connectivity index (χ3v) is 5.33. The monoisotopic (exact) mass is 416 g/mol. The molecule has 0 radical (unpaired) electrons. The van der Waals surface area contributed by atoms with Crippen molar-refractivity contribution in [2.75, 3.05) is 11.9 Å². The number of aliphatic hydroxyl groups is 1. The van der Waals surface area contributed by atoms with Crippen LogP contribution in [0.4, 0.5) is 5.69 Å². The zero-order valence-corrected chi connectivity index (χ0v) is 18.3. The number of benzene rings is 3. The van der Waals surface area contributed by atoms with Gasteiger partial charge in [-0.3, -0.25) is 9.59 Å². The van der Waals surface area contributed by atoms with Gasteiger partial charge in [0.15, 0.2) is 0 Å². The SMILES string of the molecule is Cc1cc(C)c(NC(=O)C(=O)NCC(C)(O)c2ccc(-c3ccccc3)cc2)c(C)c1. The van der Waals surface area contributed by atoms with E-state index in [1.807, 2.05) is 87.5 Å². The van der Waals surface area contributed by atoms with Crippen molar-refractivity contribution < 1.29 is 14.7 Å². The molecular formula is C26H28N2O3. The highest BCUT2D eigenvalue weighted by Gasteiger charge is 2.26. The standard InChI is InChI=1S/C26H28N2O3/c1-17-14-18(2)23(19(3)15-17)28-25(30)24(29)27-16-26(4,31)22-12-10-21(11-13-22)20-8-6-5-7-9-20/h5-15,31H,16H2,1-4H3,(H,27,29)(H,28,30). The summed E-state index contributed by atoms with van der Waals surface area (Å²) in [6, 6.07) is 21.3. The second-order valence-corrected chi connectivity index (χ2v) is 8.13. The van der Waals surface area contributed by atoms with Gasteiger partial charge in [-0.1, -0.05) is 72.3 Å². The average molecular weight is 417 g/mol. The van der Waals surface area contributed by atoms with Gasteiger partial charge in [-0.15, -0.1) is 0 Å². The van der Waals surface area contributed by atoms with Gasteiger partial charge in [-0.05, 0) is 55.5 Å². The van der Waals surface area contributed by atoms with Crippen LogP contribution in [0.15, 0.2) is 66.7 Å². The lowest BCUT2D eigenvalue weighted by molar-refractivity contribution is -0.136. The molecule has 1 unspecified atom stereocenters. The van der Waals surface area contributed by atoms with Gasteiger partial charge in [-0.2, -0.15) is 0 Å². The molecule has 0 aliphatic carbocycles. The highest BCUT2D eigenvalue weighted by Crippen LogP contribution is 2.25. The van der Waals surface area contributed by atoms with Crippen molar-refractivity contribution in [1.82, 2.24) is 5.32 Å². The van der Waals surface area contributed by atoms with Gasteiger partial charge < -0.3 is 15.7 Å². The number of nitrogens with one attached hydrogen (secondary N) is 2. The van der Waals surface area contributed by atoms with Crippen LogP contribution in [-0.2, 0) is 15.2 Å². The summed E-state index contributed by atoms with van der Waals surface area (Å²) in [6.07, 6.45) is 0. The van der Waals surface area contributed by atoms with Gasteiger partial charge in [-0.25, -0.2) is 0 Å². The number of hydrogen-bond acceptors (Lipinski definition) is 3. The van der Waals surface area contributed by atoms with E-state index in [1.165, 1.54) is 0 Å². The molecule has 5 nitrogen and oxygen atoms in total. The van der Waals surface area contributed by atoms with Crippen molar-refractivity contribution in [3.63, 3.8) is 0 Å². The van der Waals surface area contributed by atoms with Crippen LogP contribution < -0.4 is 10.6 Å². The molecule has 0 fully saturated rings. The maximum atomic E-state index is 12.4. The van der Waals surface area contributed by atoms with E-state index in [-0.39, 0.29) is 6.54 Å². The molecule has 160 valence electrons. The van der Waals surface area contributed by atoms with Crippen molar-refractivity contribution in [1.29, 1.82) is 0 Å². The molecular weight excluding hydrogens is 388 g/mol. The number of rotatable bonds is 5. The fourth-order valence-electron chi connectivity index (χ4n) is 3.63. The zero-order chi connectivity index (χ0) is 22.6. The van der Waals surface area contributed by atoms with Gasteiger partial charge in [0.25, 0.3) is 0 Å². The topological polar surface area (TPSA) is 78.4 Å². The van der Waals surface area contributed by atoms with Crippen LogP contribution in [0.25, 0.3) is 11.1 Å². The van der Waals surface area contributed by atoms with Gasteiger partial charge in [0.05, 0.1) is 6.54 Å². The molecule has 0 aromatic heterocycles. The van der Waals surface area contributed by atoms with Crippen LogP contribution in [-0.4, -0.2) is 23.5 Å². The van der Waals surface area contributed by atoms with Crippen molar-refractivity contribution >= 4 is 17.5 Å². The lowest BCUT2D eigenvalue weighted by atomic mass is 9.93. The third-order valence-electron chi connectivity index (χ3n) is 5.33. The summed E-state index contributed by atoms with van der Waals surface area (Å²) in [6.45, 7) is 7.27. The molecule has 3 N–H and O–H groups in total. The number of hydrogen-bond donors (Lipinski definition) is 3.